The Labute approximate surface area is 166 Å². The molecular weight excluding hydrogens is 360 g/mol. The minimum Gasteiger partial charge on any atom is -0.345 e. The van der Waals surface area contributed by atoms with E-state index in [-0.39, 0.29) is 24.8 Å². The van der Waals surface area contributed by atoms with Gasteiger partial charge in [0.1, 0.15) is 13.2 Å². The Bertz CT molecular complexity index is 618. The zero-order valence-electron chi connectivity index (χ0n) is 17.1. The summed E-state index contributed by atoms with van der Waals surface area (Å²) in [6.07, 6.45) is 11.1. The van der Waals surface area contributed by atoms with Crippen molar-refractivity contribution in [2.45, 2.75) is 76.8 Å². The number of ether oxygens (including phenoxy) is 4. The fourth-order valence-electron chi connectivity index (χ4n) is 5.50. The topological polar surface area (TPSA) is 71.1 Å². The van der Waals surface area contributed by atoms with Gasteiger partial charge in [0.25, 0.3) is 0 Å². The monoisotopic (exact) mass is 392 g/mol. The van der Waals surface area contributed by atoms with Crippen LogP contribution in [0, 0.1) is 10.8 Å². The predicted octanol–water partition coefficient (Wildman–Crippen LogP) is 3.33. The van der Waals surface area contributed by atoms with Gasteiger partial charge in [0, 0.05) is 12.8 Å². The zero-order chi connectivity index (χ0) is 19.9. The van der Waals surface area contributed by atoms with E-state index < -0.39 is 22.4 Å². The molecule has 0 radical (unpaired) electrons. The first-order valence-corrected chi connectivity index (χ1v) is 10.7. The van der Waals surface area contributed by atoms with Crippen LogP contribution in [0.4, 0.5) is 0 Å². The van der Waals surface area contributed by atoms with Crippen LogP contribution in [0.1, 0.15) is 65.2 Å². The number of Topliss-reactive ketones (excluding diaryl/α,β-unsaturated/α-hetero) is 2. The van der Waals surface area contributed by atoms with Crippen molar-refractivity contribution in [1.82, 2.24) is 0 Å². The van der Waals surface area contributed by atoms with Crippen LogP contribution in [-0.4, -0.2) is 49.6 Å². The molecule has 0 unspecified atom stereocenters. The minimum absolute atomic E-state index is 0.149. The highest BCUT2D eigenvalue weighted by Crippen LogP contribution is 2.52. The first kappa shape index (κ1) is 20.2. The summed E-state index contributed by atoms with van der Waals surface area (Å²) in [6, 6.07) is 0. The van der Waals surface area contributed by atoms with E-state index >= 15 is 0 Å². The fourth-order valence-corrected chi connectivity index (χ4v) is 5.50. The number of hydrogen-bond acceptors (Lipinski definition) is 6. The molecule has 156 valence electrons. The second-order valence-corrected chi connectivity index (χ2v) is 9.10. The molecule has 0 aromatic heterocycles. The lowest BCUT2D eigenvalue weighted by Gasteiger charge is -2.44. The Morgan fingerprint density at radius 1 is 0.750 bits per heavy atom. The van der Waals surface area contributed by atoms with Crippen molar-refractivity contribution >= 4 is 11.6 Å². The molecule has 0 amide bonds. The Kier molecular flexibility index (Phi) is 5.28. The quantitative estimate of drug-likeness (QED) is 0.646. The highest BCUT2D eigenvalue weighted by atomic mass is 16.7. The molecule has 0 bridgehead atoms. The molecule has 6 nitrogen and oxygen atoms in total. The normalized spacial score (nSPS) is 43.5. The van der Waals surface area contributed by atoms with Crippen LogP contribution in [-0.2, 0) is 28.5 Å². The largest absolute Gasteiger partial charge is 0.345 e. The Morgan fingerprint density at radius 3 is 1.57 bits per heavy atom. The summed E-state index contributed by atoms with van der Waals surface area (Å²) in [7, 11) is 0. The third-order valence-corrected chi connectivity index (χ3v) is 7.64. The number of carbonyl (C=O) groups is 2. The predicted molar refractivity (Wildman–Crippen MR) is 102 cm³/mol. The molecule has 4 rings (SSSR count). The molecule has 4 fully saturated rings. The number of fused-ring (bicyclic) bond motifs is 2. The van der Waals surface area contributed by atoms with E-state index in [2.05, 4.69) is 0 Å². The van der Waals surface area contributed by atoms with E-state index in [0.29, 0.717) is 13.2 Å². The van der Waals surface area contributed by atoms with E-state index in [1.165, 1.54) is 0 Å². The van der Waals surface area contributed by atoms with Gasteiger partial charge in [0.2, 0.25) is 0 Å². The van der Waals surface area contributed by atoms with E-state index in [1.54, 1.807) is 0 Å². The lowest BCUT2D eigenvalue weighted by Crippen LogP contribution is -2.51. The Hall–Kier alpha value is -1.08. The third kappa shape index (κ3) is 2.92. The summed E-state index contributed by atoms with van der Waals surface area (Å²) in [5, 5.41) is 0. The van der Waals surface area contributed by atoms with Crippen LogP contribution in [0.15, 0.2) is 12.2 Å². The van der Waals surface area contributed by atoms with Crippen molar-refractivity contribution in [3.8, 4) is 0 Å². The maximum absolute atomic E-state index is 12.3. The molecule has 0 aromatic carbocycles. The van der Waals surface area contributed by atoms with Gasteiger partial charge in [-0.1, -0.05) is 25.0 Å². The summed E-state index contributed by atoms with van der Waals surface area (Å²) in [5.41, 5.74) is -1.06. The van der Waals surface area contributed by atoms with Crippen LogP contribution < -0.4 is 0 Å². The smallest absolute Gasteiger partial charge is 0.181 e. The van der Waals surface area contributed by atoms with E-state index in [9.17, 15) is 9.59 Å². The van der Waals surface area contributed by atoms with Gasteiger partial charge in [-0.15, -0.1) is 0 Å². The van der Waals surface area contributed by atoms with Crippen LogP contribution in [0.5, 0.6) is 0 Å². The lowest BCUT2D eigenvalue weighted by molar-refractivity contribution is -0.265. The minimum atomic E-state index is -0.783. The molecule has 4 aliphatic rings. The maximum atomic E-state index is 12.3. The van der Waals surface area contributed by atoms with Crippen molar-refractivity contribution in [1.29, 1.82) is 0 Å². The zero-order valence-corrected chi connectivity index (χ0v) is 17.1. The fraction of sp³-hybridized carbons (Fsp3) is 0.818. The van der Waals surface area contributed by atoms with Gasteiger partial charge in [0.05, 0.1) is 24.0 Å². The average Bonchev–Trinajstić information content (AvgIpc) is 3.11. The first-order valence-electron chi connectivity index (χ1n) is 10.7. The number of rotatable bonds is 6. The van der Waals surface area contributed by atoms with E-state index in [4.69, 9.17) is 18.9 Å². The molecule has 2 saturated carbocycles. The van der Waals surface area contributed by atoms with Crippen molar-refractivity contribution in [2.75, 3.05) is 26.4 Å². The molecule has 6 heteroatoms. The molecule has 0 N–H and O–H groups in total. The molecule has 2 saturated heterocycles. The van der Waals surface area contributed by atoms with Gasteiger partial charge in [0.15, 0.2) is 23.1 Å². The van der Waals surface area contributed by atoms with Crippen molar-refractivity contribution in [2.24, 2.45) is 10.8 Å². The molecule has 2 aliphatic carbocycles. The van der Waals surface area contributed by atoms with E-state index in [1.807, 2.05) is 26.0 Å². The van der Waals surface area contributed by atoms with Gasteiger partial charge >= 0.3 is 0 Å². The number of hydrogen-bond donors (Lipinski definition) is 0. The van der Waals surface area contributed by atoms with Crippen LogP contribution in [0.2, 0.25) is 0 Å². The summed E-state index contributed by atoms with van der Waals surface area (Å²) in [4.78, 5) is 24.6. The summed E-state index contributed by atoms with van der Waals surface area (Å²) >= 11 is 0. The third-order valence-electron chi connectivity index (χ3n) is 7.64. The van der Waals surface area contributed by atoms with Crippen molar-refractivity contribution in [3.05, 3.63) is 12.2 Å². The van der Waals surface area contributed by atoms with Crippen LogP contribution in [0.3, 0.4) is 0 Å². The standard InChI is InChI=1S/C22H32O6/c1-19-9-3-5-11-21(19,27-15-17(19)23)25-13-7-8-14-26-22-12-6-4-10-20(22,2)18(24)16-28-22/h7-8H,3-6,9-16H2,1-2H3/b8-7-/t19-,20+,21-,22+. The molecule has 0 spiro atoms. The van der Waals surface area contributed by atoms with Crippen molar-refractivity contribution in [3.63, 3.8) is 0 Å². The molecule has 2 aliphatic heterocycles. The Balaban J connectivity index is 1.32. The molecule has 2 heterocycles. The lowest BCUT2D eigenvalue weighted by atomic mass is 9.69. The Morgan fingerprint density at radius 2 is 1.14 bits per heavy atom. The van der Waals surface area contributed by atoms with Gasteiger partial charge in [-0.05, 0) is 39.5 Å². The molecule has 28 heavy (non-hydrogen) atoms. The number of carbonyl (C=O) groups excluding carboxylic acids is 2. The second kappa shape index (κ2) is 7.31. The highest BCUT2D eigenvalue weighted by molar-refractivity contribution is 5.89. The second-order valence-electron chi connectivity index (χ2n) is 9.10. The van der Waals surface area contributed by atoms with Gasteiger partial charge in [-0.2, -0.15) is 0 Å². The molecule has 4 atom stereocenters. The summed E-state index contributed by atoms with van der Waals surface area (Å²) in [6.45, 7) is 5.00. The van der Waals surface area contributed by atoms with Crippen LogP contribution in [0.25, 0.3) is 0 Å². The maximum Gasteiger partial charge on any atom is 0.181 e. The first-order chi connectivity index (χ1) is 13.4. The SMILES string of the molecule is C[C@@]12CCCC[C@]1(OC/C=C\CO[C@@]13CCCC[C@]1(C)C(=O)CO3)OCC2=O. The average molecular weight is 392 g/mol. The van der Waals surface area contributed by atoms with Crippen molar-refractivity contribution < 1.29 is 28.5 Å². The number of ketones is 2. The van der Waals surface area contributed by atoms with Crippen LogP contribution >= 0.6 is 0 Å². The molecule has 0 aromatic rings. The van der Waals surface area contributed by atoms with Gasteiger partial charge in [-0.25, -0.2) is 0 Å². The van der Waals surface area contributed by atoms with Gasteiger partial charge in [-0.3, -0.25) is 9.59 Å². The van der Waals surface area contributed by atoms with E-state index in [0.717, 1.165) is 51.4 Å². The highest BCUT2D eigenvalue weighted by Gasteiger charge is 2.61. The summed E-state index contributed by atoms with van der Waals surface area (Å²) in [5.74, 6) is -1.26. The van der Waals surface area contributed by atoms with Gasteiger partial charge < -0.3 is 18.9 Å². The summed E-state index contributed by atoms with van der Waals surface area (Å²) < 4.78 is 23.9. The molecular formula is C22H32O6.